The molecular weight excluding hydrogens is 242 g/mol. The van der Waals surface area contributed by atoms with E-state index in [2.05, 4.69) is 24.4 Å². The molecule has 0 saturated heterocycles. The number of benzene rings is 1. The first-order valence-corrected chi connectivity index (χ1v) is 6.42. The first-order valence-electron chi connectivity index (χ1n) is 6.42. The van der Waals surface area contributed by atoms with E-state index in [-0.39, 0.29) is 12.0 Å². The Morgan fingerprint density at radius 3 is 2.79 bits per heavy atom. The van der Waals surface area contributed by atoms with Crippen molar-refractivity contribution in [3.05, 3.63) is 47.2 Å². The number of methoxy groups -OCH3 is 1. The first-order chi connectivity index (χ1) is 9.22. The minimum Gasteiger partial charge on any atom is -0.466 e. The van der Waals surface area contributed by atoms with Crippen molar-refractivity contribution in [3.63, 3.8) is 0 Å². The number of hydrogen-bond donors (Lipinski definition) is 1. The molecule has 0 amide bonds. The van der Waals surface area contributed by atoms with E-state index < -0.39 is 0 Å². The molecule has 4 nitrogen and oxygen atoms in total. The second-order valence-corrected chi connectivity index (χ2v) is 4.53. The zero-order chi connectivity index (χ0) is 13.7. The van der Waals surface area contributed by atoms with Gasteiger partial charge in [-0.2, -0.15) is 0 Å². The van der Waals surface area contributed by atoms with Gasteiger partial charge in [-0.1, -0.05) is 30.3 Å². The van der Waals surface area contributed by atoms with Gasteiger partial charge in [0.1, 0.15) is 0 Å². The Kier molecular flexibility index (Phi) is 4.58. The second-order valence-electron chi connectivity index (χ2n) is 4.53. The number of ether oxygens (including phenoxy) is 2. The van der Waals surface area contributed by atoms with Crippen LogP contribution in [0.5, 0.6) is 0 Å². The molecule has 1 aromatic rings. The van der Waals surface area contributed by atoms with E-state index in [4.69, 9.17) is 9.47 Å². The summed E-state index contributed by atoms with van der Waals surface area (Å²) in [6.45, 7) is 3.02. The van der Waals surface area contributed by atoms with Crippen LogP contribution in [0.3, 0.4) is 0 Å². The average molecular weight is 261 g/mol. The van der Waals surface area contributed by atoms with Crippen molar-refractivity contribution >= 4 is 5.97 Å². The highest BCUT2D eigenvalue weighted by Gasteiger charge is 2.21. The van der Waals surface area contributed by atoms with E-state index >= 15 is 0 Å². The van der Waals surface area contributed by atoms with Crippen LogP contribution in [0.4, 0.5) is 0 Å². The largest absolute Gasteiger partial charge is 0.466 e. The van der Waals surface area contributed by atoms with Gasteiger partial charge in [0.2, 0.25) is 0 Å². The molecule has 0 bridgehead atoms. The molecule has 1 unspecified atom stereocenters. The van der Waals surface area contributed by atoms with Gasteiger partial charge in [-0.15, -0.1) is 0 Å². The summed E-state index contributed by atoms with van der Waals surface area (Å²) in [5, 5.41) is 3.40. The number of rotatable bonds is 4. The molecule has 2 rings (SSSR count). The van der Waals surface area contributed by atoms with Gasteiger partial charge >= 0.3 is 5.97 Å². The molecule has 1 aromatic carbocycles. The minimum absolute atomic E-state index is 0.147. The Morgan fingerprint density at radius 1 is 1.37 bits per heavy atom. The fourth-order valence-electron chi connectivity index (χ4n) is 2.14. The molecule has 1 atom stereocenters. The Bertz CT molecular complexity index is 468. The van der Waals surface area contributed by atoms with Crippen molar-refractivity contribution in [2.24, 2.45) is 0 Å². The Labute approximate surface area is 113 Å². The van der Waals surface area contributed by atoms with Crippen molar-refractivity contribution < 1.29 is 14.3 Å². The number of hydrogen-bond acceptors (Lipinski definition) is 4. The van der Waals surface area contributed by atoms with E-state index in [9.17, 15) is 4.79 Å². The number of nitrogens with one attached hydrogen (secondary N) is 1. The van der Waals surface area contributed by atoms with Crippen LogP contribution in [-0.2, 0) is 14.3 Å². The minimum atomic E-state index is -0.317. The van der Waals surface area contributed by atoms with Crippen LogP contribution in [-0.4, -0.2) is 26.3 Å². The van der Waals surface area contributed by atoms with Crippen LogP contribution in [0, 0.1) is 0 Å². The molecule has 1 heterocycles. The van der Waals surface area contributed by atoms with Crippen LogP contribution in [0.2, 0.25) is 0 Å². The quantitative estimate of drug-likeness (QED) is 0.844. The van der Waals surface area contributed by atoms with Crippen molar-refractivity contribution in [2.75, 3.05) is 20.3 Å². The zero-order valence-electron chi connectivity index (χ0n) is 11.3. The monoisotopic (exact) mass is 261 g/mol. The van der Waals surface area contributed by atoms with Gasteiger partial charge in [0.05, 0.1) is 25.9 Å². The highest BCUT2D eigenvalue weighted by Crippen LogP contribution is 2.20. The zero-order valence-corrected chi connectivity index (χ0v) is 11.3. The molecule has 0 saturated carbocycles. The molecule has 19 heavy (non-hydrogen) atoms. The van der Waals surface area contributed by atoms with Gasteiger partial charge in [0, 0.05) is 18.2 Å². The van der Waals surface area contributed by atoms with E-state index in [1.165, 1.54) is 12.7 Å². The van der Waals surface area contributed by atoms with Gasteiger partial charge in [-0.05, 0) is 12.5 Å². The molecule has 4 heteroatoms. The van der Waals surface area contributed by atoms with Gasteiger partial charge in [0.15, 0.2) is 0 Å². The standard InChI is InChI=1S/C15H19NO3/c1-11(12-6-4-3-5-7-12)16-14-8-9-19-10-13(14)15(17)18-2/h3-7,11,16H,8-10H2,1-2H3. The molecule has 1 aliphatic heterocycles. The topological polar surface area (TPSA) is 47.6 Å². The number of carbonyl (C=O) groups is 1. The average Bonchev–Trinajstić information content (AvgIpc) is 2.48. The van der Waals surface area contributed by atoms with Gasteiger partial charge in [-0.25, -0.2) is 4.79 Å². The van der Waals surface area contributed by atoms with Crippen molar-refractivity contribution in [1.29, 1.82) is 0 Å². The van der Waals surface area contributed by atoms with Crippen LogP contribution in [0.1, 0.15) is 24.9 Å². The molecule has 0 aliphatic carbocycles. The van der Waals surface area contributed by atoms with Crippen molar-refractivity contribution in [3.8, 4) is 0 Å². The summed E-state index contributed by atoms with van der Waals surface area (Å²) in [6, 6.07) is 10.3. The molecule has 0 radical (unpaired) electrons. The molecule has 0 fully saturated rings. The normalized spacial score (nSPS) is 16.9. The summed E-state index contributed by atoms with van der Waals surface area (Å²) in [5.74, 6) is -0.317. The second kappa shape index (κ2) is 6.38. The summed E-state index contributed by atoms with van der Waals surface area (Å²) in [6.07, 6.45) is 0.710. The number of carbonyl (C=O) groups excluding carboxylic acids is 1. The third-order valence-corrected chi connectivity index (χ3v) is 3.23. The van der Waals surface area contributed by atoms with Crippen LogP contribution in [0.15, 0.2) is 41.6 Å². The fraction of sp³-hybridized carbons (Fsp3) is 0.400. The van der Waals surface area contributed by atoms with E-state index in [1.807, 2.05) is 18.2 Å². The maximum atomic E-state index is 11.7. The van der Waals surface area contributed by atoms with Crippen LogP contribution in [0.25, 0.3) is 0 Å². The number of esters is 1. The third-order valence-electron chi connectivity index (χ3n) is 3.23. The summed E-state index contributed by atoms with van der Waals surface area (Å²) < 4.78 is 10.1. The van der Waals surface area contributed by atoms with E-state index in [0.717, 1.165) is 5.70 Å². The predicted octanol–water partition coefficient (Wildman–Crippen LogP) is 2.18. The maximum absolute atomic E-state index is 11.7. The summed E-state index contributed by atoms with van der Waals surface area (Å²) in [4.78, 5) is 11.7. The van der Waals surface area contributed by atoms with Crippen molar-refractivity contribution in [1.82, 2.24) is 5.32 Å². The van der Waals surface area contributed by atoms with Crippen LogP contribution < -0.4 is 5.32 Å². The highest BCUT2D eigenvalue weighted by atomic mass is 16.5. The maximum Gasteiger partial charge on any atom is 0.337 e. The van der Waals surface area contributed by atoms with E-state index in [1.54, 1.807) is 0 Å². The van der Waals surface area contributed by atoms with Gasteiger partial charge < -0.3 is 14.8 Å². The summed E-state index contributed by atoms with van der Waals surface area (Å²) in [7, 11) is 1.39. The molecule has 0 spiro atoms. The van der Waals surface area contributed by atoms with Crippen LogP contribution >= 0.6 is 0 Å². The first kappa shape index (κ1) is 13.6. The van der Waals surface area contributed by atoms with E-state index in [0.29, 0.717) is 25.2 Å². The summed E-state index contributed by atoms with van der Waals surface area (Å²) in [5.41, 5.74) is 2.71. The Balaban J connectivity index is 2.15. The lowest BCUT2D eigenvalue weighted by Gasteiger charge is -2.24. The lowest BCUT2D eigenvalue weighted by molar-refractivity contribution is -0.137. The third kappa shape index (κ3) is 3.35. The highest BCUT2D eigenvalue weighted by molar-refractivity contribution is 5.89. The lowest BCUT2D eigenvalue weighted by Crippen LogP contribution is -2.28. The lowest BCUT2D eigenvalue weighted by atomic mass is 10.1. The Hall–Kier alpha value is -1.81. The smallest absolute Gasteiger partial charge is 0.337 e. The fourth-order valence-corrected chi connectivity index (χ4v) is 2.14. The molecule has 1 N–H and O–H groups in total. The van der Waals surface area contributed by atoms with Gasteiger partial charge in [-0.3, -0.25) is 0 Å². The molecule has 102 valence electrons. The molecule has 0 aromatic heterocycles. The predicted molar refractivity (Wildman–Crippen MR) is 72.5 cm³/mol. The SMILES string of the molecule is COC(=O)C1=C(NC(C)c2ccccc2)CCOC1. The van der Waals surface area contributed by atoms with Gasteiger partial charge in [0.25, 0.3) is 0 Å². The summed E-state index contributed by atoms with van der Waals surface area (Å²) >= 11 is 0. The Morgan fingerprint density at radius 2 is 2.11 bits per heavy atom. The van der Waals surface area contributed by atoms with Crippen molar-refractivity contribution in [2.45, 2.75) is 19.4 Å². The molecular formula is C15H19NO3. The molecule has 1 aliphatic rings.